The van der Waals surface area contributed by atoms with Crippen LogP contribution in [0.4, 0.5) is 39.5 Å². The molecule has 2 saturated carbocycles. The summed E-state index contributed by atoms with van der Waals surface area (Å²) in [5.74, 6) is 1.84. The molecule has 0 saturated heterocycles. The highest BCUT2D eigenvalue weighted by Gasteiger charge is 2.85. The van der Waals surface area contributed by atoms with Crippen molar-refractivity contribution in [1.82, 2.24) is 0 Å². The second-order valence-electron chi connectivity index (χ2n) is 12.2. The topological polar surface area (TPSA) is 57.2 Å². The summed E-state index contributed by atoms with van der Waals surface area (Å²) in [7, 11) is 0. The number of rotatable bonds is 13. The van der Waals surface area contributed by atoms with Gasteiger partial charge < -0.3 is 24.1 Å². The van der Waals surface area contributed by atoms with Crippen LogP contribution in [0.15, 0.2) is 18.2 Å². The highest BCUT2D eigenvalue weighted by molar-refractivity contribution is 5.40. The van der Waals surface area contributed by atoms with Crippen LogP contribution >= 0.6 is 0 Å². The molecule has 0 spiro atoms. The van der Waals surface area contributed by atoms with Crippen LogP contribution in [0.2, 0.25) is 0 Å². The zero-order chi connectivity index (χ0) is 32.4. The fourth-order valence-corrected chi connectivity index (χ4v) is 7.63. The Kier molecular flexibility index (Phi) is 10.8. The van der Waals surface area contributed by atoms with Crippen molar-refractivity contribution in [2.75, 3.05) is 39.6 Å². The van der Waals surface area contributed by atoms with Crippen molar-refractivity contribution in [3.63, 3.8) is 0 Å². The summed E-state index contributed by atoms with van der Waals surface area (Å²) in [6.07, 6.45) is -15.3. The molecule has 3 aliphatic rings. The van der Waals surface area contributed by atoms with Crippen molar-refractivity contribution in [2.24, 2.45) is 17.3 Å². The molecule has 0 unspecified atom stereocenters. The molecule has 0 heterocycles. The number of halogens is 9. The summed E-state index contributed by atoms with van der Waals surface area (Å²) >= 11 is 0. The van der Waals surface area contributed by atoms with Crippen LogP contribution in [-0.2, 0) is 20.6 Å². The van der Waals surface area contributed by atoms with Crippen LogP contribution in [0.5, 0.6) is 5.75 Å². The summed E-state index contributed by atoms with van der Waals surface area (Å²) in [5.41, 5.74) is -3.96. The summed E-state index contributed by atoms with van der Waals surface area (Å²) in [6, 6.07) is 6.18. The van der Waals surface area contributed by atoms with Gasteiger partial charge in [0.05, 0.1) is 32.5 Å². The molecule has 2 fully saturated rings. The zero-order valence-corrected chi connectivity index (χ0v) is 24.4. The number of aliphatic hydroxyl groups excluding tert-OH is 1. The van der Waals surface area contributed by atoms with Crippen LogP contribution in [0.25, 0.3) is 0 Å². The summed E-state index contributed by atoms with van der Waals surface area (Å²) in [6.45, 7) is 1.64. The van der Waals surface area contributed by atoms with E-state index in [0.29, 0.717) is 50.4 Å². The van der Waals surface area contributed by atoms with E-state index < -0.39 is 37.2 Å². The number of ether oxygens (including phenoxy) is 4. The van der Waals surface area contributed by atoms with Crippen molar-refractivity contribution in [1.29, 1.82) is 0 Å². The van der Waals surface area contributed by atoms with Gasteiger partial charge in [0.1, 0.15) is 5.75 Å². The van der Waals surface area contributed by atoms with E-state index in [9.17, 15) is 39.5 Å². The fraction of sp³-hybridized carbons (Fsp3) is 0.800. The van der Waals surface area contributed by atoms with Crippen LogP contribution in [0.3, 0.4) is 0 Å². The molecular weight excluding hydrogens is 611 g/mol. The number of aliphatic hydroxyl groups is 1. The Morgan fingerprint density at radius 2 is 1.50 bits per heavy atom. The van der Waals surface area contributed by atoms with Gasteiger partial charge in [-0.1, -0.05) is 13.0 Å². The zero-order valence-electron chi connectivity index (χ0n) is 24.4. The molecule has 3 aliphatic carbocycles. The lowest BCUT2D eigenvalue weighted by atomic mass is 9.55. The minimum atomic E-state index is -6.74. The van der Waals surface area contributed by atoms with Gasteiger partial charge in [0.15, 0.2) is 0 Å². The Labute approximate surface area is 250 Å². The number of benzene rings is 1. The minimum Gasteiger partial charge on any atom is -0.493 e. The van der Waals surface area contributed by atoms with Gasteiger partial charge in [-0.2, -0.15) is 39.5 Å². The molecule has 252 valence electrons. The third kappa shape index (κ3) is 6.83. The molecule has 1 aromatic carbocycles. The standard InChI is InChI=1S/C30H39F9O5/c1-26-11-10-22-21-7-5-20(42-14-2-13-41-17-12-40)18-19(21)4-6-23(22)24(26)8-9-25(26)43-15-3-16-44-27(28(31,32)33,29(34,35)36)30(37,38)39/h5,7,18,22-25,40H,2-4,6,8-17H2,1H3/t22-,23-,24+,25+,26+/m1/s1. The van der Waals surface area contributed by atoms with Crippen LogP contribution in [0.1, 0.15) is 68.9 Å². The number of hydrogen-bond acceptors (Lipinski definition) is 5. The summed E-state index contributed by atoms with van der Waals surface area (Å²) in [5, 5.41) is 8.76. The first kappa shape index (κ1) is 35.1. The highest BCUT2D eigenvalue weighted by Crippen LogP contribution is 2.62. The van der Waals surface area contributed by atoms with Gasteiger partial charge >= 0.3 is 24.1 Å². The van der Waals surface area contributed by atoms with Gasteiger partial charge in [-0.15, -0.1) is 0 Å². The molecule has 44 heavy (non-hydrogen) atoms. The normalized spacial score (nSPS) is 27.5. The van der Waals surface area contributed by atoms with Crippen molar-refractivity contribution in [3.8, 4) is 5.75 Å². The number of hydrogen-bond donors (Lipinski definition) is 1. The van der Waals surface area contributed by atoms with E-state index in [1.807, 2.05) is 6.07 Å². The predicted molar refractivity (Wildman–Crippen MR) is 140 cm³/mol. The van der Waals surface area contributed by atoms with Crippen LogP contribution < -0.4 is 4.74 Å². The average molecular weight is 651 g/mol. The van der Waals surface area contributed by atoms with Crippen molar-refractivity contribution < 1.29 is 63.6 Å². The van der Waals surface area contributed by atoms with Crippen LogP contribution in [0, 0.1) is 17.3 Å². The third-order valence-electron chi connectivity index (χ3n) is 9.67. The summed E-state index contributed by atoms with van der Waals surface area (Å²) < 4.78 is 138. The lowest BCUT2D eigenvalue weighted by Gasteiger charge is -2.50. The lowest BCUT2D eigenvalue weighted by molar-refractivity contribution is -0.457. The molecule has 0 aromatic heterocycles. The first-order valence-corrected chi connectivity index (χ1v) is 15.0. The first-order chi connectivity index (χ1) is 20.6. The van der Waals surface area contributed by atoms with Gasteiger partial charge in [0.2, 0.25) is 0 Å². The Morgan fingerprint density at radius 3 is 2.16 bits per heavy atom. The molecule has 14 heteroatoms. The average Bonchev–Trinajstić information content (AvgIpc) is 3.26. The van der Waals surface area contributed by atoms with Crippen molar-refractivity contribution >= 4 is 0 Å². The van der Waals surface area contributed by atoms with E-state index in [0.717, 1.165) is 37.9 Å². The number of fused-ring (bicyclic) bond motifs is 5. The van der Waals surface area contributed by atoms with Crippen LogP contribution in [-0.4, -0.2) is 75.0 Å². The quantitative estimate of drug-likeness (QED) is 0.177. The monoisotopic (exact) mass is 650 g/mol. The predicted octanol–water partition coefficient (Wildman–Crippen LogP) is 7.54. The van der Waals surface area contributed by atoms with E-state index in [1.165, 1.54) is 11.1 Å². The third-order valence-corrected chi connectivity index (χ3v) is 9.67. The van der Waals surface area contributed by atoms with Gasteiger partial charge in [0.25, 0.3) is 0 Å². The lowest BCUT2D eigenvalue weighted by Crippen LogP contribution is -2.67. The Morgan fingerprint density at radius 1 is 0.818 bits per heavy atom. The van der Waals surface area contributed by atoms with Gasteiger partial charge in [-0.05, 0) is 91.4 Å². The SMILES string of the molecule is C[C@]12CC[C@@H]3c4ccc(OCCCOCCO)cc4CC[C@H]3[C@@H]1CC[C@@H]2OCCCOC(C(F)(F)F)(C(F)(F)F)C(F)(F)F. The molecule has 0 aliphatic heterocycles. The van der Waals surface area contributed by atoms with Crippen molar-refractivity contribution in [2.45, 2.75) is 94.4 Å². The van der Waals surface area contributed by atoms with Gasteiger partial charge in [-0.3, -0.25) is 0 Å². The number of aryl methyl sites for hydroxylation is 1. The molecule has 1 N–H and O–H groups in total. The Bertz CT molecular complexity index is 1050. The highest BCUT2D eigenvalue weighted by atomic mass is 19.4. The maximum Gasteiger partial charge on any atom is 0.435 e. The van der Waals surface area contributed by atoms with E-state index in [1.54, 1.807) is 0 Å². The fourth-order valence-electron chi connectivity index (χ4n) is 7.63. The largest absolute Gasteiger partial charge is 0.493 e. The molecular formula is C30H39F9O5. The second kappa shape index (κ2) is 13.5. The smallest absolute Gasteiger partial charge is 0.435 e. The van der Waals surface area contributed by atoms with Gasteiger partial charge in [0, 0.05) is 19.6 Å². The van der Waals surface area contributed by atoms with E-state index >= 15 is 0 Å². The minimum absolute atomic E-state index is 0.0193. The molecule has 0 amide bonds. The molecule has 4 rings (SSSR count). The Hall–Kier alpha value is -1.77. The van der Waals surface area contributed by atoms with E-state index in [-0.39, 0.29) is 24.7 Å². The Balaban J connectivity index is 1.31. The maximum absolute atomic E-state index is 13.1. The molecule has 0 bridgehead atoms. The maximum atomic E-state index is 13.1. The van der Waals surface area contributed by atoms with E-state index in [2.05, 4.69) is 23.8 Å². The van der Waals surface area contributed by atoms with Gasteiger partial charge in [-0.25, -0.2) is 0 Å². The summed E-state index contributed by atoms with van der Waals surface area (Å²) in [4.78, 5) is 0. The molecule has 1 aromatic rings. The second-order valence-corrected chi connectivity index (χ2v) is 12.2. The molecule has 5 atom stereocenters. The van der Waals surface area contributed by atoms with E-state index in [4.69, 9.17) is 19.3 Å². The van der Waals surface area contributed by atoms with Crippen molar-refractivity contribution in [3.05, 3.63) is 29.3 Å². The molecule has 5 nitrogen and oxygen atoms in total. The first-order valence-electron chi connectivity index (χ1n) is 15.0. The molecule has 0 radical (unpaired) electrons. The number of alkyl halides is 9.